The zero-order valence-electron chi connectivity index (χ0n) is 8.18. The summed E-state index contributed by atoms with van der Waals surface area (Å²) in [5, 5.41) is 4.42. The molecule has 3 nitrogen and oxygen atoms in total. The van der Waals surface area contributed by atoms with Gasteiger partial charge in [-0.1, -0.05) is 6.58 Å². The van der Waals surface area contributed by atoms with E-state index in [9.17, 15) is 0 Å². The zero-order chi connectivity index (χ0) is 9.02. The molecule has 0 spiro atoms. The van der Waals surface area contributed by atoms with Crippen LogP contribution in [-0.4, -0.2) is 54.5 Å². The topological polar surface area (TPSA) is 18.5 Å². The van der Waals surface area contributed by atoms with Crippen LogP contribution in [0, 0.1) is 0 Å². The van der Waals surface area contributed by atoms with Gasteiger partial charge in [0.25, 0.3) is 0 Å². The lowest BCUT2D eigenvalue weighted by Gasteiger charge is -2.31. The van der Waals surface area contributed by atoms with Gasteiger partial charge in [-0.25, -0.2) is 0 Å². The molecule has 0 saturated heterocycles. The summed E-state index contributed by atoms with van der Waals surface area (Å²) in [6.07, 6.45) is 0.264. The van der Waals surface area contributed by atoms with Crippen LogP contribution in [0.15, 0.2) is 11.9 Å². The molecule has 0 amide bonds. The van der Waals surface area contributed by atoms with E-state index in [0.29, 0.717) is 0 Å². The molecule has 0 aromatic carbocycles. The number of nitrogens with zero attached hydrogens (tertiary/aromatic N) is 2. The van der Waals surface area contributed by atoms with E-state index < -0.39 is 0 Å². The minimum atomic E-state index is 0.264. The normalized spacial score (nSPS) is 11.5. The molecule has 0 aliphatic carbocycles. The molecule has 0 rings (SSSR count). The second-order valence-corrected chi connectivity index (χ2v) is 4.43. The molecule has 0 saturated carbocycles. The minimum absolute atomic E-state index is 0.264. The third-order valence-corrected chi connectivity index (χ3v) is 1.64. The smallest absolute Gasteiger partial charge is 0.135 e. The molecule has 0 radical (unpaired) electrons. The largest absolute Gasteiger partial charge is 0.366 e. The predicted molar refractivity (Wildman–Crippen MR) is 53.4 cm³/mol. The lowest BCUT2D eigenvalue weighted by atomic mass is 10.6. The van der Waals surface area contributed by atoms with Gasteiger partial charge >= 0.3 is 0 Å². The molecule has 0 aromatic rings. The summed E-state index contributed by atoms with van der Waals surface area (Å²) in [5.41, 5.74) is 0. The standard InChI is InChI=1S/C7H19N3Si/c1-6(11)8-7(9(2)3)10(4)5/h7-8H,1H2,2-5,11H3. The minimum Gasteiger partial charge on any atom is -0.366 e. The van der Waals surface area contributed by atoms with E-state index in [2.05, 4.69) is 21.7 Å². The Morgan fingerprint density at radius 2 is 1.64 bits per heavy atom. The van der Waals surface area contributed by atoms with Crippen molar-refractivity contribution < 1.29 is 0 Å². The van der Waals surface area contributed by atoms with Crippen molar-refractivity contribution >= 4 is 10.2 Å². The van der Waals surface area contributed by atoms with Gasteiger partial charge in [-0.05, 0) is 33.5 Å². The summed E-state index contributed by atoms with van der Waals surface area (Å²) in [6, 6.07) is 0. The maximum atomic E-state index is 3.86. The SMILES string of the molecule is C=C([SiH3])NC(N(C)C)N(C)C. The Morgan fingerprint density at radius 3 is 1.73 bits per heavy atom. The molecule has 0 aliphatic heterocycles. The average Bonchev–Trinajstić information content (AvgIpc) is 1.81. The number of rotatable bonds is 4. The fraction of sp³-hybridized carbons (Fsp3) is 0.714. The van der Waals surface area contributed by atoms with Crippen LogP contribution >= 0.6 is 0 Å². The molecule has 0 fully saturated rings. The van der Waals surface area contributed by atoms with Crippen LogP contribution < -0.4 is 5.32 Å². The molecule has 66 valence electrons. The highest BCUT2D eigenvalue weighted by atomic mass is 28.1. The first kappa shape index (κ1) is 10.7. The highest BCUT2D eigenvalue weighted by Crippen LogP contribution is 1.93. The Hall–Kier alpha value is -0.323. The summed E-state index contributed by atoms with van der Waals surface area (Å²) in [6.45, 7) is 3.86. The van der Waals surface area contributed by atoms with Crippen molar-refractivity contribution in [1.82, 2.24) is 15.1 Å². The first-order valence-corrected chi connectivity index (χ1v) is 4.70. The molecule has 4 heteroatoms. The van der Waals surface area contributed by atoms with Gasteiger partial charge in [-0.3, -0.25) is 9.80 Å². The van der Waals surface area contributed by atoms with Gasteiger partial charge in [-0.15, -0.1) is 0 Å². The second kappa shape index (κ2) is 4.53. The Kier molecular flexibility index (Phi) is 4.40. The van der Waals surface area contributed by atoms with E-state index in [1.54, 1.807) is 0 Å². The molecule has 0 atom stereocenters. The summed E-state index contributed by atoms with van der Waals surface area (Å²) in [7, 11) is 9.17. The van der Waals surface area contributed by atoms with Crippen LogP contribution in [0.3, 0.4) is 0 Å². The molecule has 1 N–H and O–H groups in total. The van der Waals surface area contributed by atoms with Gasteiger partial charge in [0.1, 0.15) is 6.29 Å². The zero-order valence-corrected chi connectivity index (χ0v) is 10.2. The Balaban J connectivity index is 4.00. The summed E-state index contributed by atoms with van der Waals surface area (Å²) in [4.78, 5) is 4.23. The van der Waals surface area contributed by atoms with E-state index in [4.69, 9.17) is 0 Å². The molecular formula is C7H19N3Si. The van der Waals surface area contributed by atoms with Crippen LogP contribution in [-0.2, 0) is 0 Å². The summed E-state index contributed by atoms with van der Waals surface area (Å²) in [5.74, 6) is 0. The van der Waals surface area contributed by atoms with Crippen LogP contribution in [0.4, 0.5) is 0 Å². The fourth-order valence-electron chi connectivity index (χ4n) is 0.940. The maximum absolute atomic E-state index is 3.86. The second-order valence-electron chi connectivity index (χ2n) is 3.23. The van der Waals surface area contributed by atoms with Crippen LogP contribution in [0.2, 0.25) is 0 Å². The predicted octanol–water partition coefficient (Wildman–Crippen LogP) is -1.18. The number of hydrogen-bond donors (Lipinski definition) is 1. The van der Waals surface area contributed by atoms with E-state index >= 15 is 0 Å². The Labute approximate surface area is 72.5 Å². The molecule has 0 aromatic heterocycles. The number of hydrogen-bond acceptors (Lipinski definition) is 3. The third-order valence-electron chi connectivity index (χ3n) is 1.35. The Bertz CT molecular complexity index is 126. The van der Waals surface area contributed by atoms with Crippen LogP contribution in [0.25, 0.3) is 0 Å². The van der Waals surface area contributed by atoms with Gasteiger partial charge in [0, 0.05) is 0 Å². The summed E-state index contributed by atoms with van der Waals surface area (Å²) >= 11 is 0. The van der Waals surface area contributed by atoms with Gasteiger partial charge in [0.15, 0.2) is 0 Å². The van der Waals surface area contributed by atoms with Crippen molar-refractivity contribution in [1.29, 1.82) is 0 Å². The Morgan fingerprint density at radius 1 is 1.27 bits per heavy atom. The van der Waals surface area contributed by atoms with Crippen molar-refractivity contribution in [2.75, 3.05) is 28.2 Å². The van der Waals surface area contributed by atoms with E-state index in [-0.39, 0.29) is 6.29 Å². The highest BCUT2D eigenvalue weighted by molar-refractivity contribution is 6.20. The van der Waals surface area contributed by atoms with Crippen molar-refractivity contribution in [2.45, 2.75) is 6.29 Å². The fourth-order valence-corrected chi connectivity index (χ4v) is 1.20. The molecule has 11 heavy (non-hydrogen) atoms. The molecule has 0 bridgehead atoms. The maximum Gasteiger partial charge on any atom is 0.135 e. The molecular weight excluding hydrogens is 154 g/mol. The van der Waals surface area contributed by atoms with Gasteiger partial charge in [-0.2, -0.15) is 0 Å². The number of nitrogens with one attached hydrogen (secondary N) is 1. The lowest BCUT2D eigenvalue weighted by Crippen LogP contribution is -2.50. The third kappa shape index (κ3) is 4.18. The molecule has 0 unspecified atom stereocenters. The monoisotopic (exact) mass is 173 g/mol. The van der Waals surface area contributed by atoms with Gasteiger partial charge in [0.2, 0.25) is 0 Å². The van der Waals surface area contributed by atoms with Gasteiger partial charge < -0.3 is 5.32 Å². The van der Waals surface area contributed by atoms with Crippen molar-refractivity contribution in [2.24, 2.45) is 0 Å². The first-order chi connectivity index (χ1) is 4.95. The van der Waals surface area contributed by atoms with E-state index in [1.165, 1.54) is 0 Å². The summed E-state index contributed by atoms with van der Waals surface area (Å²) < 4.78 is 0. The highest BCUT2D eigenvalue weighted by Gasteiger charge is 2.11. The molecule has 0 aliphatic rings. The first-order valence-electron chi connectivity index (χ1n) is 3.70. The van der Waals surface area contributed by atoms with E-state index in [1.807, 2.05) is 28.2 Å². The van der Waals surface area contributed by atoms with E-state index in [0.717, 1.165) is 15.6 Å². The molecule has 0 heterocycles. The van der Waals surface area contributed by atoms with Crippen LogP contribution in [0.5, 0.6) is 0 Å². The average molecular weight is 173 g/mol. The van der Waals surface area contributed by atoms with Crippen molar-refractivity contribution in [3.8, 4) is 0 Å². The van der Waals surface area contributed by atoms with Crippen LogP contribution in [0.1, 0.15) is 0 Å². The lowest BCUT2D eigenvalue weighted by molar-refractivity contribution is 0.108. The van der Waals surface area contributed by atoms with Gasteiger partial charge in [0.05, 0.1) is 10.2 Å². The quantitative estimate of drug-likeness (QED) is 0.426. The van der Waals surface area contributed by atoms with Crippen molar-refractivity contribution in [3.63, 3.8) is 0 Å². The van der Waals surface area contributed by atoms with Crippen molar-refractivity contribution in [3.05, 3.63) is 11.9 Å².